The summed E-state index contributed by atoms with van der Waals surface area (Å²) < 4.78 is 11.3. The number of ether oxygens (including phenoxy) is 2. The van der Waals surface area contributed by atoms with Gasteiger partial charge in [-0.3, -0.25) is 0 Å². The molecule has 0 heterocycles. The smallest absolute Gasteiger partial charge is 0.118 e. The zero-order valence-corrected chi connectivity index (χ0v) is 13.5. The first-order valence-electron chi connectivity index (χ1n) is 7.62. The van der Waals surface area contributed by atoms with Crippen molar-refractivity contribution < 1.29 is 9.47 Å². The van der Waals surface area contributed by atoms with Crippen molar-refractivity contribution in [1.29, 1.82) is 0 Å². The van der Waals surface area contributed by atoms with Crippen molar-refractivity contribution in [1.82, 2.24) is 5.32 Å². The van der Waals surface area contributed by atoms with E-state index in [2.05, 4.69) is 45.1 Å². The highest BCUT2D eigenvalue weighted by atomic mass is 16.5. The highest BCUT2D eigenvalue weighted by Crippen LogP contribution is 2.33. The van der Waals surface area contributed by atoms with Crippen LogP contribution in [0.5, 0.6) is 5.75 Å². The van der Waals surface area contributed by atoms with E-state index in [-0.39, 0.29) is 11.6 Å². The fourth-order valence-corrected chi connectivity index (χ4v) is 2.49. The molecule has 20 heavy (non-hydrogen) atoms. The van der Waals surface area contributed by atoms with Crippen molar-refractivity contribution in [2.75, 3.05) is 20.3 Å². The molecule has 0 aromatic heterocycles. The summed E-state index contributed by atoms with van der Waals surface area (Å²) >= 11 is 0. The van der Waals surface area contributed by atoms with Crippen LogP contribution in [0.25, 0.3) is 0 Å². The van der Waals surface area contributed by atoms with Gasteiger partial charge in [0.2, 0.25) is 0 Å². The fourth-order valence-electron chi connectivity index (χ4n) is 2.49. The van der Waals surface area contributed by atoms with E-state index < -0.39 is 0 Å². The zero-order chi connectivity index (χ0) is 15.0. The van der Waals surface area contributed by atoms with Crippen LogP contribution in [0, 0.1) is 0 Å². The maximum atomic E-state index is 6.06. The fraction of sp³-hybridized carbons (Fsp3) is 0.647. The molecule has 1 N–H and O–H groups in total. The van der Waals surface area contributed by atoms with Gasteiger partial charge in [0.15, 0.2) is 0 Å². The van der Waals surface area contributed by atoms with Crippen LogP contribution in [0.1, 0.15) is 52.1 Å². The predicted molar refractivity (Wildman–Crippen MR) is 84.4 cm³/mol. The van der Waals surface area contributed by atoms with E-state index in [0.29, 0.717) is 0 Å². The van der Waals surface area contributed by atoms with Crippen LogP contribution in [0.4, 0.5) is 0 Å². The Kier molecular flexibility index (Phi) is 7.03. The van der Waals surface area contributed by atoms with Gasteiger partial charge in [-0.1, -0.05) is 26.0 Å². The summed E-state index contributed by atoms with van der Waals surface area (Å²) in [7, 11) is 1.69. The maximum Gasteiger partial charge on any atom is 0.118 e. The summed E-state index contributed by atoms with van der Waals surface area (Å²) in [5.41, 5.74) is 1.05. The van der Waals surface area contributed by atoms with E-state index in [4.69, 9.17) is 9.47 Å². The summed E-state index contributed by atoms with van der Waals surface area (Å²) in [5.74, 6) is 0.887. The summed E-state index contributed by atoms with van der Waals surface area (Å²) in [4.78, 5) is 0. The van der Waals surface area contributed by atoms with Crippen molar-refractivity contribution in [2.24, 2.45) is 0 Å². The van der Waals surface area contributed by atoms with Crippen LogP contribution < -0.4 is 10.1 Å². The van der Waals surface area contributed by atoms with Gasteiger partial charge >= 0.3 is 0 Å². The second-order valence-corrected chi connectivity index (χ2v) is 5.26. The van der Waals surface area contributed by atoms with Gasteiger partial charge in [0.25, 0.3) is 0 Å². The maximum absolute atomic E-state index is 6.06. The van der Waals surface area contributed by atoms with Gasteiger partial charge < -0.3 is 14.8 Å². The van der Waals surface area contributed by atoms with Crippen LogP contribution >= 0.6 is 0 Å². The molecule has 3 nitrogen and oxygen atoms in total. The van der Waals surface area contributed by atoms with Gasteiger partial charge in [-0.05, 0) is 50.9 Å². The number of hydrogen-bond acceptors (Lipinski definition) is 3. The van der Waals surface area contributed by atoms with Crippen molar-refractivity contribution in [3.8, 4) is 5.75 Å². The Bertz CT molecular complexity index is 377. The molecule has 0 saturated carbocycles. The quantitative estimate of drug-likeness (QED) is 0.742. The van der Waals surface area contributed by atoms with Crippen LogP contribution in [-0.2, 0) is 4.74 Å². The molecule has 1 rings (SSSR count). The van der Waals surface area contributed by atoms with Crippen molar-refractivity contribution >= 4 is 0 Å². The molecule has 1 aromatic carbocycles. The minimum Gasteiger partial charge on any atom is -0.497 e. The van der Waals surface area contributed by atoms with Gasteiger partial charge in [0, 0.05) is 6.61 Å². The van der Waals surface area contributed by atoms with Crippen molar-refractivity contribution in [2.45, 2.75) is 52.2 Å². The molecule has 0 aliphatic heterocycles. The average molecular weight is 279 g/mol. The molecule has 3 heteroatoms. The third-order valence-corrected chi connectivity index (χ3v) is 3.83. The highest BCUT2D eigenvalue weighted by Gasteiger charge is 2.34. The van der Waals surface area contributed by atoms with Gasteiger partial charge in [0.05, 0.1) is 18.8 Å². The first kappa shape index (κ1) is 17.0. The molecule has 114 valence electrons. The van der Waals surface area contributed by atoms with Crippen LogP contribution in [-0.4, -0.2) is 25.9 Å². The minimum atomic E-state index is -0.196. The molecule has 0 aliphatic rings. The molecular weight excluding hydrogens is 250 g/mol. The van der Waals surface area contributed by atoms with E-state index in [9.17, 15) is 0 Å². The Morgan fingerprint density at radius 2 is 1.80 bits per heavy atom. The van der Waals surface area contributed by atoms with Crippen molar-refractivity contribution in [3.05, 3.63) is 29.8 Å². The summed E-state index contributed by atoms with van der Waals surface area (Å²) in [6.45, 7) is 10.3. The monoisotopic (exact) mass is 279 g/mol. The molecular formula is C17H29NO2. The number of hydrogen-bond donors (Lipinski definition) is 1. The van der Waals surface area contributed by atoms with E-state index >= 15 is 0 Å². The molecule has 0 radical (unpaired) electrons. The molecule has 2 atom stereocenters. The molecule has 0 fully saturated rings. The number of benzene rings is 1. The third kappa shape index (κ3) is 4.22. The highest BCUT2D eigenvalue weighted by molar-refractivity contribution is 5.30. The number of nitrogens with one attached hydrogen (secondary N) is 1. The van der Waals surface area contributed by atoms with E-state index in [1.165, 1.54) is 5.56 Å². The number of rotatable bonds is 9. The lowest BCUT2D eigenvalue weighted by Crippen LogP contribution is -2.43. The molecule has 0 spiro atoms. The van der Waals surface area contributed by atoms with E-state index in [0.717, 1.165) is 31.7 Å². The largest absolute Gasteiger partial charge is 0.497 e. The standard InChI is InChI=1S/C17H29NO2/c1-6-13-18-16(17(4,7-2)20-8-3)14-9-11-15(19-5)12-10-14/h9-12,16,18H,6-8,13H2,1-5H3. The van der Waals surface area contributed by atoms with Crippen molar-refractivity contribution in [3.63, 3.8) is 0 Å². The zero-order valence-electron chi connectivity index (χ0n) is 13.5. The Hall–Kier alpha value is -1.06. The molecule has 0 amide bonds. The Morgan fingerprint density at radius 1 is 1.15 bits per heavy atom. The SMILES string of the molecule is CCCNC(c1ccc(OC)cc1)C(C)(CC)OCC. The molecule has 0 bridgehead atoms. The van der Waals surface area contributed by atoms with Gasteiger partial charge in [-0.2, -0.15) is 0 Å². The summed E-state index contributed by atoms with van der Waals surface area (Å²) in [6.07, 6.45) is 2.08. The molecule has 0 aliphatic carbocycles. The minimum absolute atomic E-state index is 0.193. The van der Waals surface area contributed by atoms with Gasteiger partial charge in [-0.15, -0.1) is 0 Å². The second-order valence-electron chi connectivity index (χ2n) is 5.26. The van der Waals surface area contributed by atoms with Crippen LogP contribution in [0.15, 0.2) is 24.3 Å². The summed E-state index contributed by atoms with van der Waals surface area (Å²) in [5, 5.41) is 3.63. The Labute approximate surface area is 123 Å². The lowest BCUT2D eigenvalue weighted by atomic mass is 9.87. The first-order valence-corrected chi connectivity index (χ1v) is 7.62. The van der Waals surface area contributed by atoms with Gasteiger partial charge in [0.1, 0.15) is 5.75 Å². The van der Waals surface area contributed by atoms with E-state index in [1.807, 2.05) is 12.1 Å². The van der Waals surface area contributed by atoms with Gasteiger partial charge in [-0.25, -0.2) is 0 Å². The van der Waals surface area contributed by atoms with Crippen LogP contribution in [0.3, 0.4) is 0 Å². The number of methoxy groups -OCH3 is 1. The lowest BCUT2D eigenvalue weighted by molar-refractivity contribution is -0.0562. The van der Waals surface area contributed by atoms with E-state index in [1.54, 1.807) is 7.11 Å². The lowest BCUT2D eigenvalue weighted by Gasteiger charge is -2.38. The second kappa shape index (κ2) is 8.28. The first-order chi connectivity index (χ1) is 9.61. The normalized spacial score (nSPS) is 15.7. The Balaban J connectivity index is 3.02. The summed E-state index contributed by atoms with van der Waals surface area (Å²) in [6, 6.07) is 8.46. The average Bonchev–Trinajstić information content (AvgIpc) is 2.48. The third-order valence-electron chi connectivity index (χ3n) is 3.83. The predicted octanol–water partition coefficient (Wildman–Crippen LogP) is 3.94. The molecule has 2 unspecified atom stereocenters. The van der Waals surface area contributed by atoms with Crippen LogP contribution in [0.2, 0.25) is 0 Å². The Morgan fingerprint density at radius 3 is 2.25 bits per heavy atom. The topological polar surface area (TPSA) is 30.5 Å². The molecule has 0 saturated heterocycles. The molecule has 1 aromatic rings.